The van der Waals surface area contributed by atoms with Gasteiger partial charge in [-0.05, 0) is 27.1 Å². The van der Waals surface area contributed by atoms with Gasteiger partial charge in [-0.15, -0.1) is 0 Å². The molecule has 0 bridgehead atoms. The molecule has 1 saturated heterocycles. The number of aromatic nitrogens is 2. The van der Waals surface area contributed by atoms with E-state index in [1.807, 2.05) is 14.1 Å². The van der Waals surface area contributed by atoms with Crippen molar-refractivity contribution in [3.63, 3.8) is 0 Å². The number of nitrogens with zero attached hydrogens (tertiary/aromatic N) is 3. The first-order valence-corrected chi connectivity index (χ1v) is 6.58. The molecule has 100 valence electrons. The van der Waals surface area contributed by atoms with Gasteiger partial charge in [-0.2, -0.15) is 5.10 Å². The highest BCUT2D eigenvalue weighted by atomic mass is 35.5. The Balaban J connectivity index is 2.14. The number of ketones is 1. The first-order chi connectivity index (χ1) is 8.59. The van der Waals surface area contributed by atoms with Crippen LogP contribution in [0.15, 0.2) is 6.20 Å². The number of carbonyl (C=O) groups excluding carboxylic acids is 1. The van der Waals surface area contributed by atoms with Crippen molar-refractivity contribution in [1.29, 1.82) is 0 Å². The fourth-order valence-corrected chi connectivity index (χ4v) is 2.38. The molecule has 2 rings (SSSR count). The summed E-state index contributed by atoms with van der Waals surface area (Å²) in [4.78, 5) is 14.5. The van der Waals surface area contributed by atoms with Gasteiger partial charge in [-0.1, -0.05) is 11.6 Å². The van der Waals surface area contributed by atoms with E-state index in [1.54, 1.807) is 10.9 Å². The first kappa shape index (κ1) is 13.5. The van der Waals surface area contributed by atoms with Crippen LogP contribution in [0.25, 0.3) is 0 Å². The molecule has 0 radical (unpaired) electrons. The monoisotopic (exact) mass is 270 g/mol. The van der Waals surface area contributed by atoms with Gasteiger partial charge in [0, 0.05) is 19.0 Å². The molecule has 1 unspecified atom stereocenters. The van der Waals surface area contributed by atoms with Crippen molar-refractivity contribution in [1.82, 2.24) is 20.0 Å². The van der Waals surface area contributed by atoms with Gasteiger partial charge in [0.2, 0.25) is 0 Å². The molecule has 0 saturated carbocycles. The number of halogens is 1. The zero-order valence-electron chi connectivity index (χ0n) is 10.8. The number of hydrogen-bond donors (Lipinski definition) is 1. The minimum Gasteiger partial charge on any atom is -0.316 e. The Morgan fingerprint density at radius 2 is 2.44 bits per heavy atom. The van der Waals surface area contributed by atoms with Crippen molar-refractivity contribution in [3.05, 3.63) is 16.9 Å². The minimum atomic E-state index is 0.0392. The standard InChI is InChI=1S/C12H19ClN4O/c1-16(2)5-6-17-11(10(13)8-15-17)12(18)9-3-4-14-7-9/h8-9,14H,3-7H2,1-2H3. The molecule has 1 aromatic rings. The number of Topliss-reactive ketones (excluding diaryl/α,β-unsaturated/α-hetero) is 1. The maximum Gasteiger partial charge on any atom is 0.186 e. The average molecular weight is 271 g/mol. The van der Waals surface area contributed by atoms with Gasteiger partial charge in [0.05, 0.1) is 17.8 Å². The molecule has 5 nitrogen and oxygen atoms in total. The zero-order valence-corrected chi connectivity index (χ0v) is 11.6. The first-order valence-electron chi connectivity index (χ1n) is 6.20. The summed E-state index contributed by atoms with van der Waals surface area (Å²) in [5.74, 6) is 0.151. The highest BCUT2D eigenvalue weighted by Gasteiger charge is 2.28. The Hall–Kier alpha value is -0.910. The van der Waals surface area contributed by atoms with Gasteiger partial charge in [0.1, 0.15) is 5.69 Å². The van der Waals surface area contributed by atoms with Gasteiger partial charge >= 0.3 is 0 Å². The van der Waals surface area contributed by atoms with Crippen LogP contribution in [0.5, 0.6) is 0 Å². The number of hydrogen-bond acceptors (Lipinski definition) is 4. The fourth-order valence-electron chi connectivity index (χ4n) is 2.14. The number of carbonyl (C=O) groups is 1. The van der Waals surface area contributed by atoms with Crippen molar-refractivity contribution in [3.8, 4) is 0 Å². The van der Waals surface area contributed by atoms with Crippen LogP contribution in [0.1, 0.15) is 16.9 Å². The van der Waals surface area contributed by atoms with Crippen LogP contribution >= 0.6 is 11.6 Å². The molecule has 6 heteroatoms. The molecule has 0 amide bonds. The van der Waals surface area contributed by atoms with Crippen molar-refractivity contribution < 1.29 is 4.79 Å². The summed E-state index contributed by atoms with van der Waals surface area (Å²) in [6, 6.07) is 0. The van der Waals surface area contributed by atoms with Crippen molar-refractivity contribution >= 4 is 17.4 Å². The topological polar surface area (TPSA) is 50.2 Å². The van der Waals surface area contributed by atoms with E-state index in [2.05, 4.69) is 15.3 Å². The maximum absolute atomic E-state index is 12.4. The zero-order chi connectivity index (χ0) is 13.1. The van der Waals surface area contributed by atoms with Gasteiger partial charge in [-0.3, -0.25) is 9.48 Å². The van der Waals surface area contributed by atoms with Crippen LogP contribution in [0.2, 0.25) is 5.02 Å². The minimum absolute atomic E-state index is 0.0392. The van der Waals surface area contributed by atoms with Crippen molar-refractivity contribution in [2.24, 2.45) is 5.92 Å². The van der Waals surface area contributed by atoms with E-state index in [4.69, 9.17) is 11.6 Å². The molecule has 0 spiro atoms. The summed E-state index contributed by atoms with van der Waals surface area (Å²) in [5.41, 5.74) is 0.562. The highest BCUT2D eigenvalue weighted by molar-refractivity contribution is 6.33. The second-order valence-corrected chi connectivity index (χ2v) is 5.33. The summed E-state index contributed by atoms with van der Waals surface area (Å²) in [5, 5.41) is 7.86. The van der Waals surface area contributed by atoms with Crippen LogP contribution < -0.4 is 5.32 Å². The fraction of sp³-hybridized carbons (Fsp3) is 0.667. The lowest BCUT2D eigenvalue weighted by Crippen LogP contribution is -2.25. The average Bonchev–Trinajstić information content (AvgIpc) is 2.94. The second kappa shape index (κ2) is 5.82. The molecule has 1 aromatic heterocycles. The highest BCUT2D eigenvalue weighted by Crippen LogP contribution is 2.22. The molecule has 2 heterocycles. The smallest absolute Gasteiger partial charge is 0.186 e. The summed E-state index contributed by atoms with van der Waals surface area (Å²) in [7, 11) is 3.99. The lowest BCUT2D eigenvalue weighted by molar-refractivity contribution is 0.0918. The molecule has 1 fully saturated rings. The van der Waals surface area contributed by atoms with Crippen LogP contribution in [-0.4, -0.2) is 54.2 Å². The molecule has 1 atom stereocenters. The SMILES string of the molecule is CN(C)CCn1ncc(Cl)c1C(=O)C1CCNC1. The van der Waals surface area contributed by atoms with E-state index in [9.17, 15) is 4.79 Å². The Kier molecular flexibility index (Phi) is 4.37. The largest absolute Gasteiger partial charge is 0.316 e. The maximum atomic E-state index is 12.4. The lowest BCUT2D eigenvalue weighted by atomic mass is 10.0. The Bertz CT molecular complexity index is 424. The Morgan fingerprint density at radius 1 is 1.67 bits per heavy atom. The molecule has 1 N–H and O–H groups in total. The number of likely N-dealkylation sites (N-methyl/N-ethyl adjacent to an activating group) is 1. The van der Waals surface area contributed by atoms with Gasteiger partial charge in [0.15, 0.2) is 5.78 Å². The normalized spacial score (nSPS) is 19.7. The molecular weight excluding hydrogens is 252 g/mol. The number of nitrogens with one attached hydrogen (secondary N) is 1. The number of rotatable bonds is 5. The third-order valence-electron chi connectivity index (χ3n) is 3.22. The quantitative estimate of drug-likeness (QED) is 0.808. The summed E-state index contributed by atoms with van der Waals surface area (Å²) in [6.07, 6.45) is 2.45. The molecule has 0 aromatic carbocycles. The van der Waals surface area contributed by atoms with Crippen LogP contribution in [-0.2, 0) is 6.54 Å². The summed E-state index contributed by atoms with van der Waals surface area (Å²) < 4.78 is 1.73. The van der Waals surface area contributed by atoms with Crippen LogP contribution in [0.4, 0.5) is 0 Å². The predicted octanol–water partition coefficient (Wildman–Crippen LogP) is 0.890. The Morgan fingerprint density at radius 3 is 3.06 bits per heavy atom. The lowest BCUT2D eigenvalue weighted by Gasteiger charge is -2.13. The van der Waals surface area contributed by atoms with E-state index in [0.717, 1.165) is 26.1 Å². The van der Waals surface area contributed by atoms with Gasteiger partial charge < -0.3 is 10.2 Å². The van der Waals surface area contributed by atoms with E-state index < -0.39 is 0 Å². The van der Waals surface area contributed by atoms with Crippen molar-refractivity contribution in [2.45, 2.75) is 13.0 Å². The van der Waals surface area contributed by atoms with Crippen LogP contribution in [0.3, 0.4) is 0 Å². The van der Waals surface area contributed by atoms with Gasteiger partial charge in [-0.25, -0.2) is 0 Å². The van der Waals surface area contributed by atoms with Crippen LogP contribution in [0, 0.1) is 5.92 Å². The van der Waals surface area contributed by atoms with E-state index in [1.165, 1.54) is 0 Å². The molecule has 0 aliphatic carbocycles. The summed E-state index contributed by atoms with van der Waals surface area (Å²) >= 11 is 6.10. The van der Waals surface area contributed by atoms with E-state index in [-0.39, 0.29) is 11.7 Å². The van der Waals surface area contributed by atoms with E-state index in [0.29, 0.717) is 17.3 Å². The summed E-state index contributed by atoms with van der Waals surface area (Å²) in [6.45, 7) is 3.16. The third kappa shape index (κ3) is 2.91. The molecular formula is C12H19ClN4O. The predicted molar refractivity (Wildman–Crippen MR) is 71.1 cm³/mol. The third-order valence-corrected chi connectivity index (χ3v) is 3.49. The molecule has 18 heavy (non-hydrogen) atoms. The Labute approximate surface area is 112 Å². The molecule has 1 aliphatic heterocycles. The van der Waals surface area contributed by atoms with Gasteiger partial charge in [0.25, 0.3) is 0 Å². The van der Waals surface area contributed by atoms with Crippen molar-refractivity contribution in [2.75, 3.05) is 33.7 Å². The van der Waals surface area contributed by atoms with E-state index >= 15 is 0 Å². The second-order valence-electron chi connectivity index (χ2n) is 4.92. The molecule has 1 aliphatic rings.